The fraction of sp³-hybridized carbons (Fsp3) is 0.412. The van der Waals surface area contributed by atoms with Gasteiger partial charge in [0, 0.05) is 24.4 Å². The Balaban J connectivity index is 1.61. The van der Waals surface area contributed by atoms with Gasteiger partial charge in [-0.15, -0.1) is 11.3 Å². The quantitative estimate of drug-likeness (QED) is 0.911. The normalized spacial score (nSPS) is 21.5. The lowest BCUT2D eigenvalue weighted by atomic mass is 9.95. The summed E-state index contributed by atoms with van der Waals surface area (Å²) in [5, 5.41) is 9.27. The molecule has 2 unspecified atom stereocenters. The van der Waals surface area contributed by atoms with Gasteiger partial charge in [0.1, 0.15) is 5.69 Å². The number of rotatable bonds is 4. The summed E-state index contributed by atoms with van der Waals surface area (Å²) in [5.41, 5.74) is 1.75. The van der Waals surface area contributed by atoms with Crippen LogP contribution in [-0.4, -0.2) is 30.0 Å². The van der Waals surface area contributed by atoms with Crippen LogP contribution < -0.4 is 10.6 Å². The molecular formula is C17H21N3OS. The Morgan fingerprint density at radius 3 is 3.00 bits per heavy atom. The first-order chi connectivity index (χ1) is 10.7. The number of carbonyl (C=O) groups is 1. The number of carbonyl (C=O) groups excluding carboxylic acids is 1. The molecule has 4 nitrogen and oxygen atoms in total. The number of aromatic nitrogens is 1. The van der Waals surface area contributed by atoms with Crippen molar-refractivity contribution in [2.75, 3.05) is 13.1 Å². The summed E-state index contributed by atoms with van der Waals surface area (Å²) in [6.45, 7) is 4.06. The Morgan fingerprint density at radius 1 is 1.41 bits per heavy atom. The van der Waals surface area contributed by atoms with Gasteiger partial charge < -0.3 is 10.6 Å². The van der Waals surface area contributed by atoms with E-state index < -0.39 is 0 Å². The van der Waals surface area contributed by atoms with E-state index in [1.807, 2.05) is 23.6 Å². The number of piperidine rings is 1. The smallest absolute Gasteiger partial charge is 0.271 e. The van der Waals surface area contributed by atoms with Crippen LogP contribution in [0.15, 0.2) is 35.7 Å². The molecule has 1 aliphatic rings. The predicted octanol–water partition coefficient (Wildman–Crippen LogP) is 2.46. The SMILES string of the molecule is CC1CCNCC1NC(=O)c1csc(Cc2ccccc2)n1. The summed E-state index contributed by atoms with van der Waals surface area (Å²) >= 11 is 1.55. The Labute approximate surface area is 135 Å². The summed E-state index contributed by atoms with van der Waals surface area (Å²) in [6, 6.07) is 10.4. The minimum absolute atomic E-state index is 0.0592. The van der Waals surface area contributed by atoms with E-state index in [-0.39, 0.29) is 11.9 Å². The number of amides is 1. The van der Waals surface area contributed by atoms with Gasteiger partial charge in [-0.3, -0.25) is 4.79 Å². The summed E-state index contributed by atoms with van der Waals surface area (Å²) < 4.78 is 0. The molecule has 1 amide bonds. The molecule has 0 saturated carbocycles. The van der Waals surface area contributed by atoms with E-state index >= 15 is 0 Å². The minimum atomic E-state index is -0.0592. The zero-order valence-electron chi connectivity index (χ0n) is 12.7. The second-order valence-electron chi connectivity index (χ2n) is 5.84. The highest BCUT2D eigenvalue weighted by molar-refractivity contribution is 7.09. The van der Waals surface area contributed by atoms with E-state index in [1.54, 1.807) is 11.3 Å². The number of nitrogens with zero attached hydrogens (tertiary/aromatic N) is 1. The van der Waals surface area contributed by atoms with Crippen molar-refractivity contribution in [1.82, 2.24) is 15.6 Å². The highest BCUT2D eigenvalue weighted by atomic mass is 32.1. The largest absolute Gasteiger partial charge is 0.346 e. The van der Waals surface area contributed by atoms with Gasteiger partial charge in [-0.05, 0) is 24.4 Å². The number of nitrogens with one attached hydrogen (secondary N) is 2. The maximum Gasteiger partial charge on any atom is 0.271 e. The molecule has 22 heavy (non-hydrogen) atoms. The summed E-state index contributed by atoms with van der Waals surface area (Å²) in [7, 11) is 0. The van der Waals surface area contributed by atoms with Gasteiger partial charge in [-0.25, -0.2) is 4.98 Å². The Morgan fingerprint density at radius 2 is 2.23 bits per heavy atom. The molecule has 116 valence electrons. The molecule has 0 aliphatic carbocycles. The van der Waals surface area contributed by atoms with Crippen LogP contribution in [0.1, 0.15) is 34.4 Å². The molecule has 0 bridgehead atoms. The molecule has 0 spiro atoms. The van der Waals surface area contributed by atoms with Gasteiger partial charge in [-0.1, -0.05) is 37.3 Å². The van der Waals surface area contributed by atoms with Crippen molar-refractivity contribution in [2.45, 2.75) is 25.8 Å². The highest BCUT2D eigenvalue weighted by Gasteiger charge is 2.23. The molecule has 1 aromatic heterocycles. The molecule has 2 N–H and O–H groups in total. The molecule has 3 rings (SSSR count). The molecule has 1 aromatic carbocycles. The summed E-state index contributed by atoms with van der Waals surface area (Å²) in [4.78, 5) is 16.8. The van der Waals surface area contributed by atoms with Crippen molar-refractivity contribution in [1.29, 1.82) is 0 Å². The lowest BCUT2D eigenvalue weighted by molar-refractivity contribution is 0.0910. The zero-order valence-corrected chi connectivity index (χ0v) is 13.5. The van der Waals surface area contributed by atoms with Crippen LogP contribution in [0.3, 0.4) is 0 Å². The van der Waals surface area contributed by atoms with Crippen LogP contribution >= 0.6 is 11.3 Å². The summed E-state index contributed by atoms with van der Waals surface area (Å²) in [5.74, 6) is 0.448. The van der Waals surface area contributed by atoms with Gasteiger partial charge in [-0.2, -0.15) is 0 Å². The number of benzene rings is 1. The lowest BCUT2D eigenvalue weighted by Crippen LogP contribution is -2.50. The molecule has 1 fully saturated rings. The van der Waals surface area contributed by atoms with Crippen molar-refractivity contribution >= 4 is 17.2 Å². The van der Waals surface area contributed by atoms with Crippen molar-refractivity contribution < 1.29 is 4.79 Å². The first-order valence-corrected chi connectivity index (χ1v) is 8.60. The molecule has 1 saturated heterocycles. The summed E-state index contributed by atoms with van der Waals surface area (Å²) in [6.07, 6.45) is 1.88. The first-order valence-electron chi connectivity index (χ1n) is 7.72. The third kappa shape index (κ3) is 3.72. The minimum Gasteiger partial charge on any atom is -0.346 e. The standard InChI is InChI=1S/C17H21N3OS/c1-12-7-8-18-10-14(12)20-17(21)15-11-22-16(19-15)9-13-5-3-2-4-6-13/h2-6,11-12,14,18H,7-10H2,1H3,(H,20,21). The van der Waals surface area contributed by atoms with E-state index in [1.165, 1.54) is 5.56 Å². The van der Waals surface area contributed by atoms with E-state index in [0.717, 1.165) is 30.9 Å². The number of hydrogen-bond acceptors (Lipinski definition) is 4. The maximum absolute atomic E-state index is 12.3. The van der Waals surface area contributed by atoms with E-state index in [0.29, 0.717) is 11.6 Å². The Bertz CT molecular complexity index is 626. The van der Waals surface area contributed by atoms with Crippen molar-refractivity contribution in [3.63, 3.8) is 0 Å². The van der Waals surface area contributed by atoms with Crippen LogP contribution in [0.4, 0.5) is 0 Å². The van der Waals surface area contributed by atoms with Crippen molar-refractivity contribution in [3.05, 3.63) is 52.0 Å². The zero-order chi connectivity index (χ0) is 15.4. The van der Waals surface area contributed by atoms with Crippen LogP contribution in [0.2, 0.25) is 0 Å². The van der Waals surface area contributed by atoms with Gasteiger partial charge in [0.05, 0.1) is 5.01 Å². The fourth-order valence-corrected chi connectivity index (χ4v) is 3.50. The number of thiazole rings is 1. The Kier molecular flexibility index (Phi) is 4.85. The third-order valence-corrected chi connectivity index (χ3v) is 4.98. The van der Waals surface area contributed by atoms with Gasteiger partial charge in [0.25, 0.3) is 5.91 Å². The topological polar surface area (TPSA) is 54.0 Å². The third-order valence-electron chi connectivity index (χ3n) is 4.13. The maximum atomic E-state index is 12.3. The molecule has 2 heterocycles. The Hall–Kier alpha value is -1.72. The number of hydrogen-bond donors (Lipinski definition) is 2. The average molecular weight is 315 g/mol. The van der Waals surface area contributed by atoms with E-state index in [2.05, 4.69) is 34.7 Å². The molecule has 5 heteroatoms. The second-order valence-corrected chi connectivity index (χ2v) is 6.78. The van der Waals surface area contributed by atoms with Crippen molar-refractivity contribution in [2.24, 2.45) is 5.92 Å². The van der Waals surface area contributed by atoms with Gasteiger partial charge in [0.15, 0.2) is 0 Å². The van der Waals surface area contributed by atoms with Crippen LogP contribution in [0.25, 0.3) is 0 Å². The molecule has 2 atom stereocenters. The van der Waals surface area contributed by atoms with Crippen LogP contribution in [-0.2, 0) is 6.42 Å². The molecule has 2 aromatic rings. The van der Waals surface area contributed by atoms with E-state index in [9.17, 15) is 4.79 Å². The fourth-order valence-electron chi connectivity index (χ4n) is 2.69. The first kappa shape index (κ1) is 15.2. The van der Waals surface area contributed by atoms with Crippen LogP contribution in [0, 0.1) is 5.92 Å². The van der Waals surface area contributed by atoms with E-state index in [4.69, 9.17) is 0 Å². The highest BCUT2D eigenvalue weighted by Crippen LogP contribution is 2.16. The average Bonchev–Trinajstić information content (AvgIpc) is 2.99. The molecule has 1 aliphatic heterocycles. The lowest BCUT2D eigenvalue weighted by Gasteiger charge is -2.29. The van der Waals surface area contributed by atoms with Gasteiger partial charge >= 0.3 is 0 Å². The molecule has 0 radical (unpaired) electrons. The molecular weight excluding hydrogens is 294 g/mol. The van der Waals surface area contributed by atoms with Crippen molar-refractivity contribution in [3.8, 4) is 0 Å². The monoisotopic (exact) mass is 315 g/mol. The van der Waals surface area contributed by atoms with Crippen LogP contribution in [0.5, 0.6) is 0 Å². The van der Waals surface area contributed by atoms with Gasteiger partial charge in [0.2, 0.25) is 0 Å². The predicted molar refractivity (Wildman–Crippen MR) is 89.3 cm³/mol. The second kappa shape index (κ2) is 7.03.